The number of nitrogens with zero attached hydrogens (tertiary/aromatic N) is 2. The molecule has 2 aromatic heterocycles. The van der Waals surface area contributed by atoms with E-state index in [1.54, 1.807) is 24.3 Å². The molecule has 0 saturated heterocycles. The number of anilines is 1. The number of amides is 1. The second-order valence-corrected chi connectivity index (χ2v) is 7.07. The molecule has 0 radical (unpaired) electrons. The molecule has 2 heterocycles. The zero-order chi connectivity index (χ0) is 17.8. The van der Waals surface area contributed by atoms with Crippen molar-refractivity contribution in [3.8, 4) is 0 Å². The summed E-state index contributed by atoms with van der Waals surface area (Å²) in [6.07, 6.45) is 0. The van der Waals surface area contributed by atoms with Gasteiger partial charge in [0, 0.05) is 17.5 Å². The van der Waals surface area contributed by atoms with Gasteiger partial charge in [0.2, 0.25) is 5.91 Å². The van der Waals surface area contributed by atoms with Crippen molar-refractivity contribution in [2.75, 3.05) is 12.4 Å². The molecule has 3 aromatic rings. The quantitative estimate of drug-likeness (QED) is 0.721. The van der Waals surface area contributed by atoms with Gasteiger partial charge in [-0.2, -0.15) is 0 Å². The Morgan fingerprint density at radius 2 is 2.04 bits per heavy atom. The molecule has 5 nitrogen and oxygen atoms in total. The van der Waals surface area contributed by atoms with Gasteiger partial charge in [0.1, 0.15) is 11.8 Å². The summed E-state index contributed by atoms with van der Waals surface area (Å²) in [5, 5.41) is 8.79. The van der Waals surface area contributed by atoms with Crippen LogP contribution < -0.4 is 5.32 Å². The minimum Gasteiger partial charge on any atom is -0.360 e. The van der Waals surface area contributed by atoms with Crippen molar-refractivity contribution in [3.63, 3.8) is 0 Å². The summed E-state index contributed by atoms with van der Waals surface area (Å²) in [4.78, 5) is 16.3. The molecule has 1 amide bonds. The van der Waals surface area contributed by atoms with Gasteiger partial charge in [0.05, 0.1) is 0 Å². The van der Waals surface area contributed by atoms with Gasteiger partial charge < -0.3 is 9.84 Å². The Bertz CT molecular complexity index is 841. The van der Waals surface area contributed by atoms with E-state index in [-0.39, 0.29) is 5.91 Å². The summed E-state index contributed by atoms with van der Waals surface area (Å²) in [6.45, 7) is 4.59. The Labute approximate surface area is 151 Å². The summed E-state index contributed by atoms with van der Waals surface area (Å²) >= 11 is 1.71. The van der Waals surface area contributed by atoms with E-state index < -0.39 is 6.04 Å². The number of aromatic nitrogens is 1. The maximum atomic E-state index is 12.9. The first-order chi connectivity index (χ1) is 12.0. The van der Waals surface area contributed by atoms with Gasteiger partial charge in [0.25, 0.3) is 0 Å². The van der Waals surface area contributed by atoms with E-state index in [1.165, 1.54) is 10.4 Å². The molecule has 0 aliphatic carbocycles. The summed E-state index contributed by atoms with van der Waals surface area (Å²) in [5.41, 5.74) is 2.19. The standard InChI is InChI=1S/C19H21N3O2S/c1-13-9-10-25-16(13)12-22(3)18(15-7-5-4-6-8-15)19(23)20-17-11-14(2)24-21-17/h4-11,18H,12H2,1-3H3,(H,20,21,23)/t18-/m1/s1. The maximum Gasteiger partial charge on any atom is 0.247 e. The highest BCUT2D eigenvalue weighted by molar-refractivity contribution is 7.10. The third kappa shape index (κ3) is 4.15. The fourth-order valence-electron chi connectivity index (χ4n) is 2.75. The normalized spacial score (nSPS) is 12.3. The van der Waals surface area contributed by atoms with Gasteiger partial charge in [-0.05, 0) is 43.5 Å². The fraction of sp³-hybridized carbons (Fsp3) is 0.263. The highest BCUT2D eigenvalue weighted by Gasteiger charge is 2.26. The Balaban J connectivity index is 1.84. The van der Waals surface area contributed by atoms with Crippen LogP contribution in [0.15, 0.2) is 52.4 Å². The first kappa shape index (κ1) is 17.4. The van der Waals surface area contributed by atoms with Gasteiger partial charge in [-0.15, -0.1) is 11.3 Å². The van der Waals surface area contributed by atoms with E-state index in [0.29, 0.717) is 18.1 Å². The number of likely N-dealkylation sites (N-methyl/N-ethyl adjacent to an activating group) is 1. The Morgan fingerprint density at radius 1 is 1.28 bits per heavy atom. The molecule has 1 aromatic carbocycles. The SMILES string of the molecule is Cc1cc(NC(=O)[C@@H](c2ccccc2)N(C)Cc2sccc2C)no1. The van der Waals surface area contributed by atoms with Crippen LogP contribution in [0.3, 0.4) is 0 Å². The summed E-state index contributed by atoms with van der Waals surface area (Å²) in [7, 11) is 1.96. The number of benzene rings is 1. The topological polar surface area (TPSA) is 58.4 Å². The molecule has 3 rings (SSSR count). The summed E-state index contributed by atoms with van der Waals surface area (Å²) in [5.74, 6) is 0.967. The van der Waals surface area contributed by atoms with Crippen molar-refractivity contribution < 1.29 is 9.32 Å². The molecule has 1 N–H and O–H groups in total. The minimum absolute atomic E-state index is 0.129. The first-order valence-corrected chi connectivity index (χ1v) is 8.95. The van der Waals surface area contributed by atoms with Gasteiger partial charge >= 0.3 is 0 Å². The molecule has 0 fully saturated rings. The average molecular weight is 355 g/mol. The minimum atomic E-state index is -0.417. The fourth-order valence-corrected chi connectivity index (χ4v) is 3.71. The van der Waals surface area contributed by atoms with Gasteiger partial charge in [0.15, 0.2) is 5.82 Å². The molecule has 0 spiro atoms. The number of carbonyl (C=O) groups is 1. The largest absolute Gasteiger partial charge is 0.360 e. The second kappa shape index (κ2) is 7.63. The molecule has 0 saturated carbocycles. The number of nitrogens with one attached hydrogen (secondary N) is 1. The van der Waals surface area contributed by atoms with Crippen molar-refractivity contribution in [2.45, 2.75) is 26.4 Å². The predicted molar refractivity (Wildman–Crippen MR) is 99.6 cm³/mol. The lowest BCUT2D eigenvalue weighted by Crippen LogP contribution is -2.34. The molecule has 1 atom stereocenters. The Hall–Kier alpha value is -2.44. The Kier molecular flexibility index (Phi) is 5.31. The van der Waals surface area contributed by atoms with Crippen LogP contribution in [0.5, 0.6) is 0 Å². The molecule has 0 aliphatic heterocycles. The molecular formula is C19H21N3O2S. The molecule has 25 heavy (non-hydrogen) atoms. The van der Waals surface area contributed by atoms with Crippen LogP contribution in [0.25, 0.3) is 0 Å². The molecule has 130 valence electrons. The first-order valence-electron chi connectivity index (χ1n) is 8.07. The van der Waals surface area contributed by atoms with E-state index in [0.717, 1.165) is 5.56 Å². The Morgan fingerprint density at radius 3 is 2.64 bits per heavy atom. The van der Waals surface area contributed by atoms with E-state index in [2.05, 4.69) is 33.7 Å². The zero-order valence-electron chi connectivity index (χ0n) is 14.5. The zero-order valence-corrected chi connectivity index (χ0v) is 15.3. The van der Waals surface area contributed by atoms with E-state index in [9.17, 15) is 4.79 Å². The van der Waals surface area contributed by atoms with Crippen LogP contribution >= 0.6 is 11.3 Å². The van der Waals surface area contributed by atoms with Crippen molar-refractivity contribution in [1.29, 1.82) is 0 Å². The van der Waals surface area contributed by atoms with Crippen LogP contribution in [-0.2, 0) is 11.3 Å². The van der Waals surface area contributed by atoms with Crippen LogP contribution in [0.2, 0.25) is 0 Å². The number of hydrogen-bond donors (Lipinski definition) is 1. The van der Waals surface area contributed by atoms with Crippen molar-refractivity contribution >= 4 is 23.1 Å². The lowest BCUT2D eigenvalue weighted by molar-refractivity contribution is -0.121. The van der Waals surface area contributed by atoms with Crippen LogP contribution in [-0.4, -0.2) is 23.0 Å². The second-order valence-electron chi connectivity index (χ2n) is 6.07. The third-order valence-electron chi connectivity index (χ3n) is 4.04. The summed E-state index contributed by atoms with van der Waals surface area (Å²) in [6, 6.07) is 13.2. The lowest BCUT2D eigenvalue weighted by atomic mass is 10.0. The highest BCUT2D eigenvalue weighted by Crippen LogP contribution is 2.26. The van der Waals surface area contributed by atoms with Gasteiger partial charge in [-0.3, -0.25) is 9.69 Å². The number of hydrogen-bond acceptors (Lipinski definition) is 5. The van der Waals surface area contributed by atoms with Crippen LogP contribution in [0.4, 0.5) is 5.82 Å². The predicted octanol–water partition coefficient (Wildman–Crippen LogP) is 4.16. The monoisotopic (exact) mass is 355 g/mol. The van der Waals surface area contributed by atoms with Gasteiger partial charge in [-0.25, -0.2) is 0 Å². The molecule has 6 heteroatoms. The molecule has 0 aliphatic rings. The smallest absolute Gasteiger partial charge is 0.247 e. The summed E-state index contributed by atoms with van der Waals surface area (Å²) < 4.78 is 5.04. The number of aryl methyl sites for hydroxylation is 2. The lowest BCUT2D eigenvalue weighted by Gasteiger charge is -2.27. The van der Waals surface area contributed by atoms with E-state index in [4.69, 9.17) is 4.52 Å². The highest BCUT2D eigenvalue weighted by atomic mass is 32.1. The molecule has 0 bridgehead atoms. The van der Waals surface area contributed by atoms with Crippen molar-refractivity contribution in [3.05, 3.63) is 69.6 Å². The third-order valence-corrected chi connectivity index (χ3v) is 5.05. The molecular weight excluding hydrogens is 334 g/mol. The van der Waals surface area contributed by atoms with Crippen molar-refractivity contribution in [2.24, 2.45) is 0 Å². The van der Waals surface area contributed by atoms with Crippen LogP contribution in [0, 0.1) is 13.8 Å². The van der Waals surface area contributed by atoms with E-state index in [1.807, 2.05) is 37.4 Å². The van der Waals surface area contributed by atoms with Crippen molar-refractivity contribution in [1.82, 2.24) is 10.1 Å². The maximum absolute atomic E-state index is 12.9. The number of carbonyl (C=O) groups excluding carboxylic acids is 1. The van der Waals surface area contributed by atoms with Gasteiger partial charge in [-0.1, -0.05) is 35.5 Å². The molecule has 0 unspecified atom stereocenters. The number of rotatable bonds is 6. The van der Waals surface area contributed by atoms with E-state index >= 15 is 0 Å². The average Bonchev–Trinajstić information content (AvgIpc) is 3.17. The van der Waals surface area contributed by atoms with Crippen LogP contribution in [0.1, 0.15) is 27.8 Å². The number of thiophene rings is 1.